The molecule has 21 heavy (non-hydrogen) atoms. The number of amides is 1. The topological polar surface area (TPSA) is 71.8 Å². The lowest BCUT2D eigenvalue weighted by molar-refractivity contribution is 0.0925. The Morgan fingerprint density at radius 2 is 2.38 bits per heavy atom. The van der Waals surface area contributed by atoms with Crippen LogP contribution in [0, 0.1) is 5.41 Å². The zero-order valence-corrected chi connectivity index (χ0v) is 12.5. The van der Waals surface area contributed by atoms with Gasteiger partial charge in [0.15, 0.2) is 0 Å². The van der Waals surface area contributed by atoms with Gasteiger partial charge in [-0.25, -0.2) is 4.68 Å². The molecule has 1 atom stereocenters. The maximum atomic E-state index is 12.3. The molecule has 1 fully saturated rings. The van der Waals surface area contributed by atoms with E-state index in [-0.39, 0.29) is 11.3 Å². The number of hydrogen-bond donors (Lipinski definition) is 2. The standard InChI is InChI=1S/C15H21N5O/c1-15(6-3-7-16-9-15)10-17-14(21)11-4-5-12-13(8-11)20(2)19-18-12/h4-5,8,16H,3,6-7,9-10H2,1-2H3,(H,17,21). The van der Waals surface area contributed by atoms with Gasteiger partial charge in [0.1, 0.15) is 5.52 Å². The van der Waals surface area contributed by atoms with E-state index in [1.54, 1.807) is 10.7 Å². The Morgan fingerprint density at radius 3 is 3.14 bits per heavy atom. The number of nitrogens with zero attached hydrogens (tertiary/aromatic N) is 3. The van der Waals surface area contributed by atoms with Crippen LogP contribution >= 0.6 is 0 Å². The molecule has 0 spiro atoms. The van der Waals surface area contributed by atoms with Crippen molar-refractivity contribution < 1.29 is 4.79 Å². The molecule has 0 aliphatic carbocycles. The van der Waals surface area contributed by atoms with Crippen molar-refractivity contribution in [2.45, 2.75) is 19.8 Å². The monoisotopic (exact) mass is 287 g/mol. The van der Waals surface area contributed by atoms with E-state index in [1.807, 2.05) is 19.2 Å². The number of piperidine rings is 1. The summed E-state index contributed by atoms with van der Waals surface area (Å²) in [4.78, 5) is 12.3. The molecule has 2 heterocycles. The summed E-state index contributed by atoms with van der Waals surface area (Å²) in [6.07, 6.45) is 2.31. The number of aromatic nitrogens is 3. The fraction of sp³-hybridized carbons (Fsp3) is 0.533. The summed E-state index contributed by atoms with van der Waals surface area (Å²) in [6.45, 7) is 4.94. The van der Waals surface area contributed by atoms with Gasteiger partial charge in [-0.05, 0) is 43.0 Å². The molecule has 3 rings (SSSR count). The largest absolute Gasteiger partial charge is 0.351 e. The number of carbonyl (C=O) groups is 1. The third-order valence-electron chi connectivity index (χ3n) is 4.23. The summed E-state index contributed by atoms with van der Waals surface area (Å²) in [6, 6.07) is 5.47. The van der Waals surface area contributed by atoms with Crippen molar-refractivity contribution in [3.8, 4) is 0 Å². The summed E-state index contributed by atoms with van der Waals surface area (Å²) in [5.41, 5.74) is 2.47. The van der Waals surface area contributed by atoms with Crippen molar-refractivity contribution in [2.75, 3.05) is 19.6 Å². The number of hydrogen-bond acceptors (Lipinski definition) is 4. The predicted molar refractivity (Wildman–Crippen MR) is 81.1 cm³/mol. The minimum absolute atomic E-state index is 0.0371. The van der Waals surface area contributed by atoms with Crippen LogP contribution in [0.2, 0.25) is 0 Å². The number of carbonyl (C=O) groups excluding carboxylic acids is 1. The van der Waals surface area contributed by atoms with E-state index in [9.17, 15) is 4.79 Å². The third kappa shape index (κ3) is 2.90. The summed E-state index contributed by atoms with van der Waals surface area (Å²) >= 11 is 0. The lowest BCUT2D eigenvalue weighted by atomic mass is 9.83. The Morgan fingerprint density at radius 1 is 1.52 bits per heavy atom. The van der Waals surface area contributed by atoms with Gasteiger partial charge in [0.05, 0.1) is 5.52 Å². The van der Waals surface area contributed by atoms with E-state index < -0.39 is 0 Å². The molecule has 2 N–H and O–H groups in total. The number of rotatable bonds is 3. The molecule has 1 unspecified atom stereocenters. The van der Waals surface area contributed by atoms with Crippen LogP contribution in [0.25, 0.3) is 11.0 Å². The maximum absolute atomic E-state index is 12.3. The smallest absolute Gasteiger partial charge is 0.251 e. The first-order chi connectivity index (χ1) is 10.1. The van der Waals surface area contributed by atoms with E-state index in [0.29, 0.717) is 12.1 Å². The van der Waals surface area contributed by atoms with Crippen LogP contribution in [0.15, 0.2) is 18.2 Å². The molecule has 2 aromatic rings. The van der Waals surface area contributed by atoms with E-state index in [1.165, 1.54) is 6.42 Å². The van der Waals surface area contributed by atoms with Crippen molar-refractivity contribution in [2.24, 2.45) is 12.5 Å². The zero-order valence-electron chi connectivity index (χ0n) is 12.5. The lowest BCUT2D eigenvalue weighted by Gasteiger charge is -2.34. The SMILES string of the molecule is Cn1nnc2ccc(C(=O)NCC3(C)CCCNC3)cc21. The molecular formula is C15H21N5O. The Bertz CT molecular complexity index is 657. The van der Waals surface area contributed by atoms with Crippen LogP contribution < -0.4 is 10.6 Å². The second kappa shape index (κ2) is 5.44. The molecule has 1 saturated heterocycles. The molecular weight excluding hydrogens is 266 g/mol. The van der Waals surface area contributed by atoms with E-state index in [4.69, 9.17) is 0 Å². The molecule has 1 aromatic carbocycles. The number of benzene rings is 1. The van der Waals surface area contributed by atoms with Gasteiger partial charge in [0.2, 0.25) is 0 Å². The summed E-state index contributed by atoms with van der Waals surface area (Å²) in [5.74, 6) is -0.0371. The van der Waals surface area contributed by atoms with Crippen LogP contribution in [-0.2, 0) is 7.05 Å². The molecule has 0 bridgehead atoms. The third-order valence-corrected chi connectivity index (χ3v) is 4.23. The minimum Gasteiger partial charge on any atom is -0.351 e. The second-order valence-corrected chi connectivity index (χ2v) is 6.19. The summed E-state index contributed by atoms with van der Waals surface area (Å²) < 4.78 is 1.68. The van der Waals surface area contributed by atoms with Crippen LogP contribution in [0.5, 0.6) is 0 Å². The zero-order chi connectivity index (χ0) is 14.9. The maximum Gasteiger partial charge on any atom is 0.251 e. The molecule has 1 aromatic heterocycles. The lowest BCUT2D eigenvalue weighted by Crippen LogP contribution is -2.45. The first-order valence-electron chi connectivity index (χ1n) is 7.36. The van der Waals surface area contributed by atoms with Gasteiger partial charge < -0.3 is 10.6 Å². The fourth-order valence-corrected chi connectivity index (χ4v) is 2.84. The second-order valence-electron chi connectivity index (χ2n) is 6.19. The Balaban J connectivity index is 1.70. The normalized spacial score (nSPS) is 22.4. The number of aryl methyl sites for hydroxylation is 1. The van der Waals surface area contributed by atoms with Gasteiger partial charge in [0.25, 0.3) is 5.91 Å². The fourth-order valence-electron chi connectivity index (χ4n) is 2.84. The Hall–Kier alpha value is -1.95. The van der Waals surface area contributed by atoms with Gasteiger partial charge in [0, 0.05) is 25.7 Å². The first kappa shape index (κ1) is 14.0. The average Bonchev–Trinajstić information content (AvgIpc) is 2.87. The van der Waals surface area contributed by atoms with E-state index in [2.05, 4.69) is 27.9 Å². The Kier molecular flexibility index (Phi) is 3.63. The van der Waals surface area contributed by atoms with Gasteiger partial charge >= 0.3 is 0 Å². The van der Waals surface area contributed by atoms with Crippen molar-refractivity contribution in [1.82, 2.24) is 25.6 Å². The van der Waals surface area contributed by atoms with Gasteiger partial charge in [-0.2, -0.15) is 0 Å². The van der Waals surface area contributed by atoms with Crippen LogP contribution in [0.1, 0.15) is 30.1 Å². The van der Waals surface area contributed by atoms with Crippen molar-refractivity contribution in [3.05, 3.63) is 23.8 Å². The van der Waals surface area contributed by atoms with Crippen molar-refractivity contribution in [1.29, 1.82) is 0 Å². The van der Waals surface area contributed by atoms with Gasteiger partial charge in [-0.1, -0.05) is 12.1 Å². The van der Waals surface area contributed by atoms with Gasteiger partial charge in [-0.15, -0.1) is 5.10 Å². The first-order valence-corrected chi connectivity index (χ1v) is 7.36. The summed E-state index contributed by atoms with van der Waals surface area (Å²) in [5, 5.41) is 14.4. The summed E-state index contributed by atoms with van der Waals surface area (Å²) in [7, 11) is 1.83. The highest BCUT2D eigenvalue weighted by Gasteiger charge is 2.27. The van der Waals surface area contributed by atoms with Crippen LogP contribution in [-0.4, -0.2) is 40.5 Å². The van der Waals surface area contributed by atoms with E-state index in [0.717, 1.165) is 30.5 Å². The highest BCUT2D eigenvalue weighted by Crippen LogP contribution is 2.24. The molecule has 6 heteroatoms. The van der Waals surface area contributed by atoms with E-state index >= 15 is 0 Å². The highest BCUT2D eigenvalue weighted by molar-refractivity contribution is 5.97. The van der Waals surface area contributed by atoms with Crippen molar-refractivity contribution >= 4 is 16.9 Å². The number of fused-ring (bicyclic) bond motifs is 1. The van der Waals surface area contributed by atoms with Gasteiger partial charge in [-0.3, -0.25) is 4.79 Å². The van der Waals surface area contributed by atoms with Crippen LogP contribution in [0.3, 0.4) is 0 Å². The van der Waals surface area contributed by atoms with Crippen LogP contribution in [0.4, 0.5) is 0 Å². The van der Waals surface area contributed by atoms with Crippen molar-refractivity contribution in [3.63, 3.8) is 0 Å². The number of nitrogens with one attached hydrogen (secondary N) is 2. The molecule has 1 amide bonds. The highest BCUT2D eigenvalue weighted by atomic mass is 16.1. The Labute approximate surface area is 123 Å². The predicted octanol–water partition coefficient (Wildman–Crippen LogP) is 1.09. The molecule has 0 radical (unpaired) electrons. The molecule has 1 aliphatic heterocycles. The quantitative estimate of drug-likeness (QED) is 0.886. The molecule has 112 valence electrons. The molecule has 6 nitrogen and oxygen atoms in total. The molecule has 0 saturated carbocycles. The average molecular weight is 287 g/mol. The minimum atomic E-state index is -0.0371. The molecule has 1 aliphatic rings.